The Labute approximate surface area is 108 Å². The first-order valence-corrected chi connectivity index (χ1v) is 5.50. The molecule has 0 fully saturated rings. The van der Waals surface area contributed by atoms with E-state index >= 15 is 0 Å². The van der Waals surface area contributed by atoms with Gasteiger partial charge in [-0.2, -0.15) is 0 Å². The van der Waals surface area contributed by atoms with Gasteiger partial charge in [-0.1, -0.05) is 11.6 Å². The zero-order valence-electron chi connectivity index (χ0n) is 7.72. The molecule has 0 spiro atoms. The van der Waals surface area contributed by atoms with Crippen molar-refractivity contribution in [3.8, 4) is 5.75 Å². The summed E-state index contributed by atoms with van der Waals surface area (Å²) in [7, 11) is 0. The van der Waals surface area contributed by atoms with Crippen LogP contribution in [0.3, 0.4) is 0 Å². The number of aromatic nitrogens is 1. The number of nitrogens with zero attached hydrogens (tertiary/aromatic N) is 1. The van der Waals surface area contributed by atoms with Crippen LogP contribution >= 0.6 is 34.2 Å². The predicted molar refractivity (Wildman–Crippen MR) is 59.5 cm³/mol. The Balaban J connectivity index is 2.38. The zero-order chi connectivity index (χ0) is 12.2. The largest absolute Gasteiger partial charge is 0.522 e. The topological polar surface area (TPSA) is 31.4 Å². The molecular formula is C8H6ClF3INO2. The van der Waals surface area contributed by atoms with Crippen molar-refractivity contribution < 1.29 is 22.6 Å². The summed E-state index contributed by atoms with van der Waals surface area (Å²) in [6.07, 6.45) is -4.64. The lowest BCUT2D eigenvalue weighted by Crippen LogP contribution is -2.18. The van der Waals surface area contributed by atoms with E-state index in [1.54, 1.807) is 6.07 Å². The third kappa shape index (κ3) is 5.17. The fourth-order valence-corrected chi connectivity index (χ4v) is 1.59. The van der Waals surface area contributed by atoms with E-state index in [1.807, 2.05) is 22.6 Å². The second-order valence-electron chi connectivity index (χ2n) is 2.57. The van der Waals surface area contributed by atoms with Gasteiger partial charge in [0.15, 0.2) is 10.9 Å². The highest BCUT2D eigenvalue weighted by Gasteiger charge is 2.28. The summed E-state index contributed by atoms with van der Waals surface area (Å²) in [6.45, 7) is -0.840. The number of pyridine rings is 1. The third-order valence-electron chi connectivity index (χ3n) is 1.39. The summed E-state index contributed by atoms with van der Waals surface area (Å²) in [5, 5.41) is 0.110. The van der Waals surface area contributed by atoms with Gasteiger partial charge in [0.05, 0.1) is 6.61 Å². The number of alkyl halides is 3. The van der Waals surface area contributed by atoms with Gasteiger partial charge in [0.2, 0.25) is 0 Å². The smallest absolute Gasteiger partial charge is 0.488 e. The van der Waals surface area contributed by atoms with E-state index in [-0.39, 0.29) is 17.5 Å². The zero-order valence-corrected chi connectivity index (χ0v) is 10.6. The maximum absolute atomic E-state index is 11.6. The van der Waals surface area contributed by atoms with Gasteiger partial charge < -0.3 is 4.74 Å². The molecule has 0 N–H and O–H groups in total. The summed E-state index contributed by atoms with van der Waals surface area (Å²) >= 11 is 7.65. The van der Waals surface area contributed by atoms with Gasteiger partial charge in [-0.3, -0.25) is 4.74 Å². The first-order chi connectivity index (χ1) is 7.38. The Morgan fingerprint density at radius 1 is 1.31 bits per heavy atom. The van der Waals surface area contributed by atoms with Gasteiger partial charge in [-0.15, -0.1) is 13.2 Å². The van der Waals surface area contributed by atoms with Crippen molar-refractivity contribution in [1.82, 2.24) is 4.98 Å². The molecule has 1 aromatic heterocycles. The van der Waals surface area contributed by atoms with Gasteiger partial charge in [0, 0.05) is 0 Å². The molecule has 0 saturated carbocycles. The van der Waals surface area contributed by atoms with Crippen LogP contribution in [0, 0.1) is 3.70 Å². The molecular weight excluding hydrogens is 361 g/mol. The molecule has 90 valence electrons. The lowest BCUT2D eigenvalue weighted by Gasteiger charge is -2.09. The molecule has 0 saturated heterocycles. The summed E-state index contributed by atoms with van der Waals surface area (Å²) in [4.78, 5) is 3.87. The van der Waals surface area contributed by atoms with E-state index in [0.29, 0.717) is 3.70 Å². The molecule has 0 aliphatic carbocycles. The Morgan fingerprint density at radius 2 is 2.00 bits per heavy atom. The van der Waals surface area contributed by atoms with Crippen molar-refractivity contribution in [3.05, 3.63) is 21.0 Å². The highest BCUT2D eigenvalue weighted by atomic mass is 127. The van der Waals surface area contributed by atoms with Crippen LogP contribution in [0.15, 0.2) is 12.1 Å². The van der Waals surface area contributed by atoms with E-state index in [1.165, 1.54) is 6.07 Å². The van der Waals surface area contributed by atoms with E-state index < -0.39 is 13.0 Å². The molecule has 0 aliphatic heterocycles. The van der Waals surface area contributed by atoms with Crippen LogP contribution in [0.5, 0.6) is 5.75 Å². The van der Waals surface area contributed by atoms with Crippen LogP contribution in [0.4, 0.5) is 13.2 Å². The molecule has 0 unspecified atom stereocenters. The van der Waals surface area contributed by atoms with Crippen LogP contribution in [-0.2, 0) is 4.74 Å². The summed E-state index contributed by atoms with van der Waals surface area (Å²) in [6, 6.07) is 3.16. The van der Waals surface area contributed by atoms with Crippen molar-refractivity contribution in [1.29, 1.82) is 0 Å². The first kappa shape index (κ1) is 13.8. The van der Waals surface area contributed by atoms with E-state index in [2.05, 4.69) is 9.72 Å². The monoisotopic (exact) mass is 367 g/mol. The Kier molecular flexibility index (Phi) is 5.06. The minimum Gasteiger partial charge on any atom is -0.488 e. The van der Waals surface area contributed by atoms with E-state index in [9.17, 15) is 13.2 Å². The highest BCUT2D eigenvalue weighted by molar-refractivity contribution is 14.1. The van der Waals surface area contributed by atoms with E-state index in [0.717, 1.165) is 0 Å². The Bertz CT molecular complexity index is 362. The van der Waals surface area contributed by atoms with Crippen LogP contribution < -0.4 is 4.74 Å². The molecule has 0 bridgehead atoms. The maximum Gasteiger partial charge on any atom is 0.522 e. The van der Waals surface area contributed by atoms with Gasteiger partial charge in [-0.05, 0) is 34.7 Å². The molecule has 1 rings (SSSR count). The van der Waals surface area contributed by atoms with Gasteiger partial charge in [-0.25, -0.2) is 4.98 Å². The number of ether oxygens (including phenoxy) is 2. The van der Waals surface area contributed by atoms with Gasteiger partial charge >= 0.3 is 6.36 Å². The standard InChI is InChI=1S/C8H6ClF3INO2/c9-7-5(1-2-6(13)14-7)15-3-4-16-8(10,11)12/h1-2H,3-4H2. The average molecular weight is 367 g/mol. The summed E-state index contributed by atoms with van der Waals surface area (Å²) < 4.78 is 43.9. The fourth-order valence-electron chi connectivity index (χ4n) is 0.816. The second kappa shape index (κ2) is 5.87. The van der Waals surface area contributed by atoms with E-state index in [4.69, 9.17) is 16.3 Å². The molecule has 3 nitrogen and oxygen atoms in total. The highest BCUT2D eigenvalue weighted by Crippen LogP contribution is 2.23. The lowest BCUT2D eigenvalue weighted by atomic mass is 10.5. The quantitative estimate of drug-likeness (QED) is 0.465. The lowest BCUT2D eigenvalue weighted by molar-refractivity contribution is -0.325. The van der Waals surface area contributed by atoms with Gasteiger partial charge in [0.1, 0.15) is 10.3 Å². The summed E-state index contributed by atoms with van der Waals surface area (Å²) in [5.41, 5.74) is 0. The SMILES string of the molecule is FC(F)(F)OCCOc1ccc(I)nc1Cl. The molecule has 0 atom stereocenters. The molecule has 16 heavy (non-hydrogen) atoms. The average Bonchev–Trinajstić information content (AvgIpc) is 2.13. The van der Waals surface area contributed by atoms with Crippen LogP contribution in [0.2, 0.25) is 5.15 Å². The Hall–Kier alpha value is -0.280. The van der Waals surface area contributed by atoms with Crippen LogP contribution in [0.25, 0.3) is 0 Å². The number of hydrogen-bond donors (Lipinski definition) is 0. The minimum absolute atomic E-state index is 0.110. The molecule has 0 radical (unpaired) electrons. The maximum atomic E-state index is 11.6. The van der Waals surface area contributed by atoms with Crippen LogP contribution in [0.1, 0.15) is 0 Å². The van der Waals surface area contributed by atoms with Crippen molar-refractivity contribution in [2.45, 2.75) is 6.36 Å². The Morgan fingerprint density at radius 3 is 2.56 bits per heavy atom. The van der Waals surface area contributed by atoms with Crippen LogP contribution in [-0.4, -0.2) is 24.6 Å². The summed E-state index contributed by atoms with van der Waals surface area (Å²) in [5.74, 6) is 0.229. The fraction of sp³-hybridized carbons (Fsp3) is 0.375. The normalized spacial score (nSPS) is 11.6. The molecule has 8 heteroatoms. The van der Waals surface area contributed by atoms with Crippen molar-refractivity contribution >= 4 is 34.2 Å². The third-order valence-corrected chi connectivity index (χ3v) is 2.26. The molecule has 0 amide bonds. The molecule has 0 aliphatic rings. The van der Waals surface area contributed by atoms with Crippen molar-refractivity contribution in [3.63, 3.8) is 0 Å². The molecule has 0 aromatic carbocycles. The number of rotatable bonds is 4. The minimum atomic E-state index is -4.64. The molecule has 1 aromatic rings. The first-order valence-electron chi connectivity index (χ1n) is 4.04. The second-order valence-corrected chi connectivity index (χ2v) is 4.03. The van der Waals surface area contributed by atoms with Gasteiger partial charge in [0.25, 0.3) is 0 Å². The van der Waals surface area contributed by atoms with Crippen molar-refractivity contribution in [2.75, 3.05) is 13.2 Å². The number of halogens is 5. The molecule has 1 heterocycles. The predicted octanol–water partition coefficient (Wildman–Crippen LogP) is 3.25. The van der Waals surface area contributed by atoms with Crippen molar-refractivity contribution in [2.24, 2.45) is 0 Å². The number of hydrogen-bond acceptors (Lipinski definition) is 3.